The van der Waals surface area contributed by atoms with Crippen LogP contribution in [0.2, 0.25) is 15.1 Å². The van der Waals surface area contributed by atoms with Crippen molar-refractivity contribution in [1.82, 2.24) is 5.32 Å². The van der Waals surface area contributed by atoms with Crippen molar-refractivity contribution < 1.29 is 9.59 Å². The number of hydrogen-bond donors (Lipinski definition) is 1. The number of fused-ring (bicyclic) bond motifs is 3. The van der Waals surface area contributed by atoms with E-state index in [0.717, 1.165) is 0 Å². The van der Waals surface area contributed by atoms with Gasteiger partial charge in [0.15, 0.2) is 0 Å². The molecule has 0 bridgehead atoms. The van der Waals surface area contributed by atoms with E-state index in [1.165, 1.54) is 0 Å². The maximum absolute atomic E-state index is 11.8. The minimum absolute atomic E-state index is 0.0515. The molecule has 18 heavy (non-hydrogen) atoms. The molecule has 3 nitrogen and oxygen atoms in total. The van der Waals surface area contributed by atoms with E-state index in [-0.39, 0.29) is 21.2 Å². The Kier molecular flexibility index (Phi) is 2.52. The SMILES string of the molecule is O=C1NC(=O)c2c1c(Cl)c(Cl)c1c(Cl)cccc21. The van der Waals surface area contributed by atoms with Gasteiger partial charge in [-0.15, -0.1) is 0 Å². The van der Waals surface area contributed by atoms with E-state index in [9.17, 15) is 9.59 Å². The molecule has 0 unspecified atom stereocenters. The molecule has 90 valence electrons. The first-order valence-electron chi connectivity index (χ1n) is 4.97. The first-order valence-corrected chi connectivity index (χ1v) is 6.10. The van der Waals surface area contributed by atoms with Crippen molar-refractivity contribution in [3.63, 3.8) is 0 Å². The second-order valence-corrected chi connectivity index (χ2v) is 4.99. The van der Waals surface area contributed by atoms with Crippen molar-refractivity contribution in [2.45, 2.75) is 0 Å². The first-order chi connectivity index (χ1) is 8.52. The molecule has 0 aliphatic carbocycles. The average Bonchev–Trinajstić information content (AvgIpc) is 2.61. The number of imide groups is 1. The van der Waals surface area contributed by atoms with Gasteiger partial charge in [0.05, 0.1) is 21.2 Å². The lowest BCUT2D eigenvalue weighted by Gasteiger charge is -2.09. The molecule has 0 saturated heterocycles. The zero-order valence-electron chi connectivity index (χ0n) is 8.68. The van der Waals surface area contributed by atoms with E-state index in [0.29, 0.717) is 15.8 Å². The number of carbonyl (C=O) groups is 2. The van der Waals surface area contributed by atoms with Crippen LogP contribution in [0.4, 0.5) is 0 Å². The van der Waals surface area contributed by atoms with Crippen LogP contribution in [0.1, 0.15) is 20.7 Å². The zero-order valence-corrected chi connectivity index (χ0v) is 11.0. The van der Waals surface area contributed by atoms with Crippen molar-refractivity contribution in [2.75, 3.05) is 0 Å². The van der Waals surface area contributed by atoms with Crippen LogP contribution < -0.4 is 5.32 Å². The maximum atomic E-state index is 11.8. The van der Waals surface area contributed by atoms with Crippen molar-refractivity contribution >= 4 is 57.4 Å². The van der Waals surface area contributed by atoms with Crippen molar-refractivity contribution in [2.24, 2.45) is 0 Å². The molecule has 0 fully saturated rings. The van der Waals surface area contributed by atoms with Crippen LogP contribution in [-0.4, -0.2) is 11.8 Å². The summed E-state index contributed by atoms with van der Waals surface area (Å²) in [6.45, 7) is 0. The number of carbonyl (C=O) groups excluding carboxylic acids is 2. The fourth-order valence-corrected chi connectivity index (χ4v) is 2.99. The molecule has 1 aliphatic heterocycles. The van der Waals surface area contributed by atoms with Gasteiger partial charge in [-0.05, 0) is 11.5 Å². The molecule has 0 saturated carbocycles. The van der Waals surface area contributed by atoms with Crippen LogP contribution >= 0.6 is 34.8 Å². The number of amides is 2. The minimum Gasteiger partial charge on any atom is -0.288 e. The van der Waals surface area contributed by atoms with Gasteiger partial charge in [-0.25, -0.2) is 0 Å². The molecule has 3 rings (SSSR count). The van der Waals surface area contributed by atoms with Crippen LogP contribution in [0.5, 0.6) is 0 Å². The number of hydrogen-bond acceptors (Lipinski definition) is 2. The number of halogens is 3. The van der Waals surface area contributed by atoms with Gasteiger partial charge in [0, 0.05) is 10.4 Å². The minimum atomic E-state index is -0.538. The first kappa shape index (κ1) is 11.8. The van der Waals surface area contributed by atoms with Gasteiger partial charge in [-0.3, -0.25) is 14.9 Å². The highest BCUT2D eigenvalue weighted by atomic mass is 35.5. The van der Waals surface area contributed by atoms with E-state index in [1.807, 2.05) is 0 Å². The van der Waals surface area contributed by atoms with E-state index < -0.39 is 11.8 Å². The summed E-state index contributed by atoms with van der Waals surface area (Å²) in [5, 5.41) is 3.82. The number of rotatable bonds is 0. The molecule has 0 aromatic heterocycles. The maximum Gasteiger partial charge on any atom is 0.260 e. The quantitative estimate of drug-likeness (QED) is 0.754. The highest BCUT2D eigenvalue weighted by Crippen LogP contribution is 2.42. The predicted octanol–water partition coefficient (Wildman–Crippen LogP) is 3.68. The van der Waals surface area contributed by atoms with Crippen LogP contribution in [0.15, 0.2) is 18.2 Å². The van der Waals surface area contributed by atoms with Gasteiger partial charge < -0.3 is 0 Å². The molecule has 2 aromatic carbocycles. The van der Waals surface area contributed by atoms with Gasteiger partial charge in [0.25, 0.3) is 11.8 Å². The average molecular weight is 301 g/mol. The third kappa shape index (κ3) is 1.38. The molecule has 1 aliphatic rings. The van der Waals surface area contributed by atoms with Gasteiger partial charge in [0.1, 0.15) is 0 Å². The van der Waals surface area contributed by atoms with Gasteiger partial charge in [-0.1, -0.05) is 46.9 Å². The fraction of sp³-hybridized carbons (Fsp3) is 0. The van der Waals surface area contributed by atoms with Gasteiger partial charge in [0.2, 0.25) is 0 Å². The Morgan fingerprint density at radius 2 is 1.56 bits per heavy atom. The molecule has 1 heterocycles. The third-order valence-corrected chi connectivity index (χ3v) is 4.01. The lowest BCUT2D eigenvalue weighted by atomic mass is 10.00. The molecule has 2 aromatic rings. The van der Waals surface area contributed by atoms with Crippen molar-refractivity contribution in [3.8, 4) is 0 Å². The third-order valence-electron chi connectivity index (χ3n) is 2.85. The van der Waals surface area contributed by atoms with Gasteiger partial charge >= 0.3 is 0 Å². The van der Waals surface area contributed by atoms with Crippen molar-refractivity contribution in [1.29, 1.82) is 0 Å². The normalized spacial score (nSPS) is 13.9. The summed E-state index contributed by atoms with van der Waals surface area (Å²) in [4.78, 5) is 23.5. The van der Waals surface area contributed by atoms with E-state index in [2.05, 4.69) is 5.32 Å². The topological polar surface area (TPSA) is 46.2 Å². The Morgan fingerprint density at radius 1 is 0.889 bits per heavy atom. The van der Waals surface area contributed by atoms with Crippen LogP contribution in [0, 0.1) is 0 Å². The molecule has 6 heteroatoms. The number of nitrogens with one attached hydrogen (secondary N) is 1. The Balaban J connectivity index is 2.62. The zero-order chi connectivity index (χ0) is 13.0. The highest BCUT2D eigenvalue weighted by molar-refractivity contribution is 6.51. The van der Waals surface area contributed by atoms with E-state index in [1.54, 1.807) is 18.2 Å². The molecular formula is C12H4Cl3NO2. The summed E-state index contributed by atoms with van der Waals surface area (Å²) in [6, 6.07) is 5.01. The van der Waals surface area contributed by atoms with Gasteiger partial charge in [-0.2, -0.15) is 0 Å². The summed E-state index contributed by atoms with van der Waals surface area (Å²) >= 11 is 18.2. The molecule has 0 spiro atoms. The predicted molar refractivity (Wildman–Crippen MR) is 70.8 cm³/mol. The largest absolute Gasteiger partial charge is 0.288 e. The monoisotopic (exact) mass is 299 g/mol. The van der Waals surface area contributed by atoms with E-state index >= 15 is 0 Å². The summed E-state index contributed by atoms with van der Waals surface area (Å²) in [7, 11) is 0. The smallest absolute Gasteiger partial charge is 0.260 e. The lowest BCUT2D eigenvalue weighted by Crippen LogP contribution is -2.20. The van der Waals surface area contributed by atoms with Crippen LogP contribution in [0.3, 0.4) is 0 Å². The molecular weight excluding hydrogens is 296 g/mol. The summed E-state index contributed by atoms with van der Waals surface area (Å²) in [5.74, 6) is -1.02. The molecule has 2 amide bonds. The second kappa shape index (κ2) is 3.85. The van der Waals surface area contributed by atoms with Crippen LogP contribution in [-0.2, 0) is 0 Å². The summed E-state index contributed by atoms with van der Waals surface area (Å²) < 4.78 is 0. The Labute approximate surface area is 117 Å². The fourth-order valence-electron chi connectivity index (χ4n) is 2.10. The lowest BCUT2D eigenvalue weighted by molar-refractivity contribution is 0.0880. The summed E-state index contributed by atoms with van der Waals surface area (Å²) in [5.41, 5.74) is 0.341. The highest BCUT2D eigenvalue weighted by Gasteiger charge is 2.33. The van der Waals surface area contributed by atoms with Crippen LogP contribution in [0.25, 0.3) is 10.8 Å². The molecule has 1 N–H and O–H groups in total. The Morgan fingerprint density at radius 3 is 2.28 bits per heavy atom. The molecule has 0 atom stereocenters. The summed E-state index contributed by atoms with van der Waals surface area (Å²) in [6.07, 6.45) is 0. The Hall–Kier alpha value is -1.29. The molecule has 0 radical (unpaired) electrons. The van der Waals surface area contributed by atoms with E-state index in [4.69, 9.17) is 34.8 Å². The standard InChI is InChI=1S/C12H4Cl3NO2/c13-5-3-1-2-4-6(5)9(14)10(15)8-7(4)11(17)16-12(8)18/h1-3H,(H,16,17,18). The second-order valence-electron chi connectivity index (χ2n) is 3.82. The van der Waals surface area contributed by atoms with Crippen molar-refractivity contribution in [3.05, 3.63) is 44.4 Å². The Bertz CT molecular complexity index is 740. The number of benzene rings is 2.